The molecule has 2 aromatic rings. The van der Waals surface area contributed by atoms with Gasteiger partial charge in [-0.15, -0.1) is 0 Å². The third-order valence-electron chi connectivity index (χ3n) is 4.30. The first-order valence-electron chi connectivity index (χ1n) is 8.35. The Morgan fingerprint density at radius 2 is 2.08 bits per heavy atom. The lowest BCUT2D eigenvalue weighted by Crippen LogP contribution is -2.46. The second kappa shape index (κ2) is 7.78. The number of aromatic nitrogens is 3. The van der Waals surface area contributed by atoms with Crippen LogP contribution in [0.1, 0.15) is 18.4 Å². The lowest BCUT2D eigenvalue weighted by molar-refractivity contribution is -0.125. The molecular weight excluding hydrogens is 320 g/mol. The topological polar surface area (TPSA) is 92.2 Å². The molecule has 0 aliphatic carbocycles. The lowest BCUT2D eigenvalue weighted by Gasteiger charge is -2.31. The van der Waals surface area contributed by atoms with Crippen LogP contribution in [0.4, 0.5) is 10.6 Å². The molecule has 0 bridgehead atoms. The van der Waals surface area contributed by atoms with E-state index in [1.54, 1.807) is 35.1 Å². The van der Waals surface area contributed by atoms with E-state index in [4.69, 9.17) is 0 Å². The molecule has 3 heterocycles. The van der Waals surface area contributed by atoms with E-state index in [-0.39, 0.29) is 17.9 Å². The van der Waals surface area contributed by atoms with Gasteiger partial charge in [0.05, 0.1) is 12.5 Å². The molecule has 1 unspecified atom stereocenters. The quantitative estimate of drug-likeness (QED) is 0.876. The number of nitrogens with one attached hydrogen (secondary N) is 2. The number of amides is 3. The molecule has 8 nitrogen and oxygen atoms in total. The van der Waals surface area contributed by atoms with Crippen LogP contribution in [-0.4, -0.2) is 51.7 Å². The van der Waals surface area contributed by atoms with E-state index in [1.807, 2.05) is 18.3 Å². The van der Waals surface area contributed by atoms with Crippen molar-refractivity contribution in [3.05, 3.63) is 42.4 Å². The Hall–Kier alpha value is -2.90. The average molecular weight is 342 g/mol. The smallest absolute Gasteiger partial charge is 0.323 e. The molecule has 3 rings (SSSR count). The summed E-state index contributed by atoms with van der Waals surface area (Å²) >= 11 is 0. The molecule has 2 N–H and O–H groups in total. The minimum absolute atomic E-state index is 0.0147. The van der Waals surface area contributed by atoms with E-state index in [2.05, 4.69) is 20.7 Å². The zero-order valence-corrected chi connectivity index (χ0v) is 14.2. The van der Waals surface area contributed by atoms with Crippen LogP contribution < -0.4 is 10.6 Å². The minimum Gasteiger partial charge on any atom is -0.359 e. The van der Waals surface area contributed by atoms with E-state index in [0.717, 1.165) is 18.4 Å². The summed E-state index contributed by atoms with van der Waals surface area (Å²) in [6.07, 6.45) is 6.92. The van der Waals surface area contributed by atoms with Crippen LogP contribution in [-0.2, 0) is 11.3 Å². The largest absolute Gasteiger partial charge is 0.359 e. The number of hydrogen-bond acceptors (Lipinski definition) is 4. The predicted octanol–water partition coefficient (Wildman–Crippen LogP) is 1.32. The Kier molecular flexibility index (Phi) is 5.27. The lowest BCUT2D eigenvalue weighted by atomic mass is 9.97. The Labute approximate surface area is 146 Å². The molecule has 25 heavy (non-hydrogen) atoms. The highest BCUT2D eigenvalue weighted by Gasteiger charge is 2.28. The fourth-order valence-corrected chi connectivity index (χ4v) is 2.96. The van der Waals surface area contributed by atoms with Gasteiger partial charge in [-0.25, -0.2) is 4.79 Å². The van der Waals surface area contributed by atoms with Gasteiger partial charge in [-0.3, -0.25) is 19.8 Å². The van der Waals surface area contributed by atoms with Gasteiger partial charge in [0.2, 0.25) is 5.91 Å². The molecule has 1 atom stereocenters. The summed E-state index contributed by atoms with van der Waals surface area (Å²) in [6.45, 7) is 1.70. The molecule has 2 aromatic heterocycles. The number of piperidine rings is 1. The van der Waals surface area contributed by atoms with Crippen LogP contribution in [0.15, 0.2) is 36.8 Å². The molecule has 8 heteroatoms. The van der Waals surface area contributed by atoms with E-state index in [9.17, 15) is 9.59 Å². The van der Waals surface area contributed by atoms with Gasteiger partial charge in [-0.05, 0) is 30.5 Å². The third kappa shape index (κ3) is 4.34. The van der Waals surface area contributed by atoms with Gasteiger partial charge in [0.1, 0.15) is 0 Å². The number of pyridine rings is 1. The van der Waals surface area contributed by atoms with Crippen molar-refractivity contribution in [3.63, 3.8) is 0 Å². The van der Waals surface area contributed by atoms with Gasteiger partial charge in [-0.2, -0.15) is 5.10 Å². The van der Waals surface area contributed by atoms with Crippen LogP contribution in [0.5, 0.6) is 0 Å². The van der Waals surface area contributed by atoms with Gasteiger partial charge >= 0.3 is 6.03 Å². The van der Waals surface area contributed by atoms with Gasteiger partial charge in [0.25, 0.3) is 0 Å². The summed E-state index contributed by atoms with van der Waals surface area (Å²) in [7, 11) is 1.62. The molecule has 1 aliphatic heterocycles. The van der Waals surface area contributed by atoms with E-state index < -0.39 is 0 Å². The Morgan fingerprint density at radius 1 is 1.28 bits per heavy atom. The number of anilines is 1. The fourth-order valence-electron chi connectivity index (χ4n) is 2.96. The summed E-state index contributed by atoms with van der Waals surface area (Å²) in [5.74, 6) is 0.342. The van der Waals surface area contributed by atoms with Crippen molar-refractivity contribution >= 4 is 17.8 Å². The first-order chi connectivity index (χ1) is 12.2. The highest BCUT2D eigenvalue weighted by Crippen LogP contribution is 2.17. The van der Waals surface area contributed by atoms with Crippen molar-refractivity contribution in [1.82, 2.24) is 25.0 Å². The summed E-state index contributed by atoms with van der Waals surface area (Å²) in [5.41, 5.74) is 1.08. The predicted molar refractivity (Wildman–Crippen MR) is 92.9 cm³/mol. The SMILES string of the molecule is CNC(=O)C1CCCN(C(=O)Nc2ccn(Cc3ccncc3)n2)C1. The van der Waals surface area contributed by atoms with Crippen LogP contribution in [0.25, 0.3) is 0 Å². The normalized spacial score (nSPS) is 17.2. The van der Waals surface area contributed by atoms with E-state index in [0.29, 0.717) is 25.5 Å². The number of hydrogen-bond donors (Lipinski definition) is 2. The zero-order valence-electron chi connectivity index (χ0n) is 14.2. The number of carbonyl (C=O) groups is 2. The highest BCUT2D eigenvalue weighted by atomic mass is 16.2. The summed E-state index contributed by atoms with van der Waals surface area (Å²) in [6, 6.07) is 5.39. The van der Waals surface area contributed by atoms with Crippen LogP contribution in [0.2, 0.25) is 0 Å². The molecule has 1 aliphatic rings. The van der Waals surface area contributed by atoms with Gasteiger partial charge in [-0.1, -0.05) is 0 Å². The summed E-state index contributed by atoms with van der Waals surface area (Å²) in [4.78, 5) is 29.9. The molecule has 3 amide bonds. The van der Waals surface area contributed by atoms with Crippen LogP contribution in [0.3, 0.4) is 0 Å². The number of urea groups is 1. The van der Waals surface area contributed by atoms with Crippen molar-refractivity contribution in [1.29, 1.82) is 0 Å². The summed E-state index contributed by atoms with van der Waals surface area (Å²) in [5, 5.41) is 9.83. The first-order valence-corrected chi connectivity index (χ1v) is 8.35. The van der Waals surface area contributed by atoms with Crippen molar-refractivity contribution in [2.45, 2.75) is 19.4 Å². The maximum absolute atomic E-state index is 12.4. The fraction of sp³-hybridized carbons (Fsp3) is 0.412. The second-order valence-corrected chi connectivity index (χ2v) is 6.08. The molecule has 0 aromatic carbocycles. The molecular formula is C17H22N6O2. The minimum atomic E-state index is -0.220. The van der Waals surface area contributed by atoms with Gasteiger partial charge in [0, 0.05) is 44.8 Å². The van der Waals surface area contributed by atoms with Gasteiger partial charge in [0.15, 0.2) is 5.82 Å². The molecule has 0 saturated carbocycles. The molecule has 0 radical (unpaired) electrons. The number of nitrogens with zero attached hydrogens (tertiary/aromatic N) is 4. The Bertz CT molecular complexity index is 730. The van der Waals surface area contributed by atoms with Crippen molar-refractivity contribution in [2.24, 2.45) is 5.92 Å². The number of likely N-dealkylation sites (tertiary alicyclic amines) is 1. The number of carbonyl (C=O) groups excluding carboxylic acids is 2. The van der Waals surface area contributed by atoms with E-state index >= 15 is 0 Å². The van der Waals surface area contributed by atoms with E-state index in [1.165, 1.54) is 0 Å². The Balaban J connectivity index is 1.57. The average Bonchev–Trinajstić information content (AvgIpc) is 3.08. The van der Waals surface area contributed by atoms with Crippen molar-refractivity contribution in [3.8, 4) is 0 Å². The molecule has 1 saturated heterocycles. The number of rotatable bonds is 4. The van der Waals surface area contributed by atoms with Crippen LogP contribution in [0, 0.1) is 5.92 Å². The highest BCUT2D eigenvalue weighted by molar-refractivity contribution is 5.89. The maximum atomic E-state index is 12.4. The van der Waals surface area contributed by atoms with Crippen molar-refractivity contribution < 1.29 is 9.59 Å². The van der Waals surface area contributed by atoms with Crippen LogP contribution >= 0.6 is 0 Å². The molecule has 132 valence electrons. The maximum Gasteiger partial charge on any atom is 0.323 e. The second-order valence-electron chi connectivity index (χ2n) is 6.08. The standard InChI is InChI=1S/C17H22N6O2/c1-18-16(24)14-3-2-9-22(12-14)17(25)20-15-6-10-23(21-15)11-13-4-7-19-8-5-13/h4-8,10,14H,2-3,9,11-12H2,1H3,(H,18,24)(H,20,21,25). The van der Waals surface area contributed by atoms with Gasteiger partial charge < -0.3 is 10.2 Å². The first kappa shape index (κ1) is 16.9. The monoisotopic (exact) mass is 342 g/mol. The molecule has 0 spiro atoms. The van der Waals surface area contributed by atoms with Crippen molar-refractivity contribution in [2.75, 3.05) is 25.5 Å². The zero-order chi connectivity index (χ0) is 17.6. The molecule has 1 fully saturated rings. The third-order valence-corrected chi connectivity index (χ3v) is 4.30. The summed E-state index contributed by atoms with van der Waals surface area (Å²) < 4.78 is 1.76. The Morgan fingerprint density at radius 3 is 2.84 bits per heavy atom.